The van der Waals surface area contributed by atoms with Gasteiger partial charge in [-0.15, -0.1) is 0 Å². The molecular weight excluding hydrogens is 271 g/mol. The monoisotopic (exact) mass is 287 g/mol. The molecule has 1 fully saturated rings. The predicted octanol–water partition coefficient (Wildman–Crippen LogP) is 2.89. The van der Waals surface area contributed by atoms with Gasteiger partial charge in [-0.05, 0) is 42.9 Å². The van der Waals surface area contributed by atoms with Crippen LogP contribution in [0.5, 0.6) is 11.5 Å². The van der Waals surface area contributed by atoms with Gasteiger partial charge in [0, 0.05) is 6.04 Å². The van der Waals surface area contributed by atoms with E-state index in [1.54, 1.807) is 0 Å². The summed E-state index contributed by atoms with van der Waals surface area (Å²) in [7, 11) is 0. The van der Waals surface area contributed by atoms with Crippen LogP contribution < -0.4 is 14.8 Å². The first kappa shape index (κ1) is 13.5. The van der Waals surface area contributed by atoms with Crippen molar-refractivity contribution in [2.24, 2.45) is 5.92 Å². The van der Waals surface area contributed by atoms with Crippen LogP contribution in [-0.2, 0) is 6.42 Å². The molecule has 3 rings (SSSR count). The van der Waals surface area contributed by atoms with Crippen LogP contribution in [0.25, 0.3) is 0 Å². The minimum absolute atomic E-state index is 0.128. The van der Waals surface area contributed by atoms with Crippen LogP contribution in [0, 0.1) is 5.92 Å². The fourth-order valence-corrected chi connectivity index (χ4v) is 2.47. The van der Waals surface area contributed by atoms with Gasteiger partial charge < -0.3 is 14.8 Å². The minimum Gasteiger partial charge on any atom is -0.454 e. The Bertz CT molecular complexity index is 486. The highest BCUT2D eigenvalue weighted by Crippen LogP contribution is 2.37. The van der Waals surface area contributed by atoms with Gasteiger partial charge in [-0.1, -0.05) is 6.07 Å². The highest BCUT2D eigenvalue weighted by atomic mass is 19.4. The molecule has 0 spiro atoms. The summed E-state index contributed by atoms with van der Waals surface area (Å²) >= 11 is 0. The summed E-state index contributed by atoms with van der Waals surface area (Å²) in [4.78, 5) is 0. The molecule has 20 heavy (non-hydrogen) atoms. The minimum atomic E-state index is -4.16. The van der Waals surface area contributed by atoms with Crippen molar-refractivity contribution in [3.05, 3.63) is 23.8 Å². The zero-order chi connectivity index (χ0) is 14.2. The Balaban J connectivity index is 1.64. The van der Waals surface area contributed by atoms with Crippen LogP contribution in [0.15, 0.2) is 18.2 Å². The molecule has 1 aromatic carbocycles. The molecule has 3 nitrogen and oxygen atoms in total. The lowest BCUT2D eigenvalue weighted by atomic mass is 10.0. The lowest BCUT2D eigenvalue weighted by molar-refractivity contribution is -0.126. The van der Waals surface area contributed by atoms with Gasteiger partial charge in [0.1, 0.15) is 0 Å². The van der Waals surface area contributed by atoms with Crippen LogP contribution in [0.3, 0.4) is 0 Å². The fourth-order valence-electron chi connectivity index (χ4n) is 2.47. The second kappa shape index (κ2) is 5.16. The Hall–Kier alpha value is -1.43. The van der Waals surface area contributed by atoms with Gasteiger partial charge in [-0.25, -0.2) is 0 Å². The fraction of sp³-hybridized carbons (Fsp3) is 0.571. The average Bonchev–Trinajstić information content (AvgIpc) is 3.11. The predicted molar refractivity (Wildman–Crippen MR) is 66.8 cm³/mol. The van der Waals surface area contributed by atoms with E-state index in [0.717, 1.165) is 18.4 Å². The van der Waals surface area contributed by atoms with Crippen molar-refractivity contribution in [3.8, 4) is 11.5 Å². The number of ether oxygens (including phenoxy) is 2. The largest absolute Gasteiger partial charge is 0.454 e. The summed E-state index contributed by atoms with van der Waals surface area (Å²) in [5.41, 5.74) is 0.973. The first-order valence-corrected chi connectivity index (χ1v) is 6.70. The molecule has 6 heteroatoms. The van der Waals surface area contributed by atoms with Crippen LogP contribution in [-0.4, -0.2) is 25.6 Å². The number of hydrogen-bond donors (Lipinski definition) is 1. The third-order valence-corrected chi connectivity index (χ3v) is 3.65. The van der Waals surface area contributed by atoms with Crippen molar-refractivity contribution in [2.75, 3.05) is 13.3 Å². The van der Waals surface area contributed by atoms with Crippen LogP contribution >= 0.6 is 0 Å². The molecule has 1 saturated carbocycles. The number of fused-ring (bicyclic) bond motifs is 1. The first-order chi connectivity index (χ1) is 9.51. The van der Waals surface area contributed by atoms with Crippen molar-refractivity contribution in [1.29, 1.82) is 0 Å². The second-order valence-electron chi connectivity index (χ2n) is 5.33. The van der Waals surface area contributed by atoms with Gasteiger partial charge in [0.05, 0.1) is 6.54 Å². The number of halogens is 3. The molecule has 0 aromatic heterocycles. The first-order valence-electron chi connectivity index (χ1n) is 6.70. The van der Waals surface area contributed by atoms with E-state index in [4.69, 9.17) is 9.47 Å². The maximum Gasteiger partial charge on any atom is 0.401 e. The third-order valence-electron chi connectivity index (χ3n) is 3.65. The number of hydrogen-bond acceptors (Lipinski definition) is 3. The van der Waals surface area contributed by atoms with Gasteiger partial charge in [-0.2, -0.15) is 13.2 Å². The van der Waals surface area contributed by atoms with Gasteiger partial charge in [-0.3, -0.25) is 0 Å². The van der Waals surface area contributed by atoms with E-state index < -0.39 is 12.7 Å². The van der Waals surface area contributed by atoms with Gasteiger partial charge >= 0.3 is 6.18 Å². The van der Waals surface area contributed by atoms with E-state index in [2.05, 4.69) is 5.32 Å². The molecule has 0 radical (unpaired) electrons. The molecule has 110 valence electrons. The highest BCUT2D eigenvalue weighted by molar-refractivity contribution is 5.44. The van der Waals surface area contributed by atoms with Crippen molar-refractivity contribution in [3.63, 3.8) is 0 Å². The summed E-state index contributed by atoms with van der Waals surface area (Å²) < 4.78 is 47.5. The van der Waals surface area contributed by atoms with E-state index >= 15 is 0 Å². The lowest BCUT2D eigenvalue weighted by Gasteiger charge is -2.19. The van der Waals surface area contributed by atoms with Crippen molar-refractivity contribution in [2.45, 2.75) is 31.5 Å². The number of rotatable bonds is 5. The lowest BCUT2D eigenvalue weighted by Crippen LogP contribution is -2.39. The van der Waals surface area contributed by atoms with E-state index in [-0.39, 0.29) is 12.8 Å². The van der Waals surface area contributed by atoms with Gasteiger partial charge in [0.25, 0.3) is 0 Å². The maximum absolute atomic E-state index is 12.3. The highest BCUT2D eigenvalue weighted by Gasteiger charge is 2.35. The molecular formula is C14H16F3NO2. The topological polar surface area (TPSA) is 30.5 Å². The Morgan fingerprint density at radius 3 is 2.65 bits per heavy atom. The second-order valence-corrected chi connectivity index (χ2v) is 5.33. The maximum atomic E-state index is 12.3. The molecule has 0 amide bonds. The zero-order valence-corrected chi connectivity index (χ0v) is 10.9. The molecule has 0 bridgehead atoms. The summed E-state index contributed by atoms with van der Waals surface area (Å²) in [6.45, 7) is -0.726. The quantitative estimate of drug-likeness (QED) is 0.903. The zero-order valence-electron chi connectivity index (χ0n) is 10.9. The molecule has 1 aromatic rings. The van der Waals surface area contributed by atoms with E-state index in [0.29, 0.717) is 23.8 Å². The van der Waals surface area contributed by atoms with E-state index in [9.17, 15) is 13.2 Å². The Kier molecular flexibility index (Phi) is 3.50. The molecule has 2 aliphatic rings. The van der Waals surface area contributed by atoms with Crippen molar-refractivity contribution < 1.29 is 22.6 Å². The normalized spacial score (nSPS) is 19.1. The average molecular weight is 287 g/mol. The standard InChI is InChI=1S/C14H16F3NO2/c15-14(16,17)7-18-11(10-2-3-10)5-9-1-4-12-13(6-9)20-8-19-12/h1,4,6,10-11,18H,2-3,5,7-8H2. The Labute approximate surface area is 115 Å². The molecule has 0 saturated heterocycles. The molecule has 1 unspecified atom stereocenters. The van der Waals surface area contributed by atoms with Crippen LogP contribution in [0.1, 0.15) is 18.4 Å². The smallest absolute Gasteiger partial charge is 0.401 e. The molecule has 1 N–H and O–H groups in total. The van der Waals surface area contributed by atoms with Crippen LogP contribution in [0.4, 0.5) is 13.2 Å². The summed E-state index contributed by atoms with van der Waals surface area (Å²) in [6.07, 6.45) is -1.58. The molecule has 1 atom stereocenters. The van der Waals surface area contributed by atoms with Crippen molar-refractivity contribution in [1.82, 2.24) is 5.32 Å². The summed E-state index contributed by atoms with van der Waals surface area (Å²) in [6, 6.07) is 5.42. The Morgan fingerprint density at radius 1 is 1.20 bits per heavy atom. The summed E-state index contributed by atoms with van der Waals surface area (Å²) in [5.74, 6) is 1.72. The summed E-state index contributed by atoms with van der Waals surface area (Å²) in [5, 5.41) is 2.64. The SMILES string of the molecule is FC(F)(F)CNC(Cc1ccc2c(c1)OCO2)C1CC1. The van der Waals surface area contributed by atoms with E-state index in [1.165, 1.54) is 0 Å². The number of alkyl halides is 3. The van der Waals surface area contributed by atoms with Crippen LogP contribution in [0.2, 0.25) is 0 Å². The third kappa shape index (κ3) is 3.36. The van der Waals surface area contributed by atoms with Gasteiger partial charge in [0.15, 0.2) is 11.5 Å². The van der Waals surface area contributed by atoms with Gasteiger partial charge in [0.2, 0.25) is 6.79 Å². The molecule has 1 aliphatic heterocycles. The van der Waals surface area contributed by atoms with Crippen molar-refractivity contribution >= 4 is 0 Å². The number of benzene rings is 1. The molecule has 1 heterocycles. The molecule has 1 aliphatic carbocycles. The number of nitrogens with one attached hydrogen (secondary N) is 1. The van der Waals surface area contributed by atoms with E-state index in [1.807, 2.05) is 18.2 Å². The Morgan fingerprint density at radius 2 is 1.95 bits per heavy atom.